The number of halogens is 1. The monoisotopic (exact) mass is 425 g/mol. The molecule has 9 nitrogen and oxygen atoms in total. The van der Waals surface area contributed by atoms with Gasteiger partial charge in [-0.25, -0.2) is 0 Å². The summed E-state index contributed by atoms with van der Waals surface area (Å²) in [6.07, 6.45) is 0.304. The Morgan fingerprint density at radius 3 is 2.69 bits per heavy atom. The van der Waals surface area contributed by atoms with E-state index in [1.54, 1.807) is 16.8 Å². The summed E-state index contributed by atoms with van der Waals surface area (Å²) < 4.78 is 7.08. The van der Waals surface area contributed by atoms with Gasteiger partial charge in [-0.2, -0.15) is 0 Å². The third kappa shape index (κ3) is 6.40. The number of aromatic nitrogens is 3. The molecule has 0 radical (unpaired) electrons. The summed E-state index contributed by atoms with van der Waals surface area (Å²) in [7, 11) is 3.90. The van der Waals surface area contributed by atoms with Crippen molar-refractivity contribution >= 4 is 18.3 Å². The Kier molecular flexibility index (Phi) is 8.39. The summed E-state index contributed by atoms with van der Waals surface area (Å²) in [5.41, 5.74) is 0.834. The molecule has 1 heterocycles. The number of carbonyl (C=O) groups is 1. The summed E-state index contributed by atoms with van der Waals surface area (Å²) in [4.78, 5) is 14.1. The first-order valence-electron chi connectivity index (χ1n) is 9.29. The van der Waals surface area contributed by atoms with Crippen LogP contribution in [-0.4, -0.2) is 75.0 Å². The van der Waals surface area contributed by atoms with E-state index in [0.29, 0.717) is 25.3 Å². The molecule has 1 aromatic heterocycles. The molecule has 10 heteroatoms. The molecule has 0 aliphatic heterocycles. The molecule has 160 valence electrons. The van der Waals surface area contributed by atoms with E-state index in [1.807, 2.05) is 43.4 Å². The number of hydrogen-bond acceptors (Lipinski definition) is 7. The van der Waals surface area contributed by atoms with E-state index >= 15 is 0 Å². The van der Waals surface area contributed by atoms with Crippen LogP contribution < -0.4 is 10.1 Å². The summed E-state index contributed by atoms with van der Waals surface area (Å²) in [5, 5.41) is 31.6. The smallest absolute Gasteiger partial charge is 0.258 e. The first-order chi connectivity index (χ1) is 13.4. The maximum atomic E-state index is 12.1. The number of nitrogens with zero attached hydrogens (tertiary/aromatic N) is 4. The lowest BCUT2D eigenvalue weighted by Gasteiger charge is -2.18. The van der Waals surface area contributed by atoms with Gasteiger partial charge in [0.25, 0.3) is 5.91 Å². The van der Waals surface area contributed by atoms with Gasteiger partial charge in [-0.3, -0.25) is 9.48 Å². The van der Waals surface area contributed by atoms with Crippen molar-refractivity contribution in [3.05, 3.63) is 42.2 Å². The number of amides is 1. The minimum Gasteiger partial charge on any atom is -0.484 e. The highest BCUT2D eigenvalue weighted by atomic mass is 35.5. The van der Waals surface area contributed by atoms with Gasteiger partial charge in [0.1, 0.15) is 11.9 Å². The van der Waals surface area contributed by atoms with Gasteiger partial charge in [-0.1, -0.05) is 23.4 Å². The lowest BCUT2D eigenvalue weighted by molar-refractivity contribution is -0.124. The Balaban J connectivity index is 0.00000300. The average molecular weight is 426 g/mol. The number of hydrogen-bond donors (Lipinski definition) is 3. The van der Waals surface area contributed by atoms with E-state index in [4.69, 9.17) is 4.74 Å². The summed E-state index contributed by atoms with van der Waals surface area (Å²) >= 11 is 0. The van der Waals surface area contributed by atoms with Crippen molar-refractivity contribution in [3.63, 3.8) is 0 Å². The SMILES string of the molecule is CN(C)Cc1cn(C[C@H]2C[C@@H](NC(=O)COc3ccccc3)[C@H](O)[C@@H]2O)nn1.Cl. The number of rotatable bonds is 8. The van der Waals surface area contributed by atoms with Crippen LogP contribution in [0.4, 0.5) is 0 Å². The molecule has 2 aromatic rings. The predicted molar refractivity (Wildman–Crippen MR) is 109 cm³/mol. The van der Waals surface area contributed by atoms with Crippen molar-refractivity contribution in [1.29, 1.82) is 0 Å². The van der Waals surface area contributed by atoms with Gasteiger partial charge < -0.3 is 25.2 Å². The first-order valence-corrected chi connectivity index (χ1v) is 9.29. The van der Waals surface area contributed by atoms with Gasteiger partial charge in [-0.15, -0.1) is 17.5 Å². The van der Waals surface area contributed by atoms with Crippen molar-refractivity contribution in [2.45, 2.75) is 37.8 Å². The summed E-state index contributed by atoms with van der Waals surface area (Å²) in [6.45, 7) is 0.951. The highest BCUT2D eigenvalue weighted by molar-refractivity contribution is 5.85. The minimum absolute atomic E-state index is 0. The van der Waals surface area contributed by atoms with E-state index in [2.05, 4.69) is 15.6 Å². The molecular formula is C19H28ClN5O4. The zero-order valence-corrected chi connectivity index (χ0v) is 17.3. The fraction of sp³-hybridized carbons (Fsp3) is 0.526. The van der Waals surface area contributed by atoms with Gasteiger partial charge in [0.2, 0.25) is 0 Å². The fourth-order valence-corrected chi connectivity index (χ4v) is 3.43. The fourth-order valence-electron chi connectivity index (χ4n) is 3.43. The highest BCUT2D eigenvalue weighted by Gasteiger charge is 2.42. The molecule has 3 N–H and O–H groups in total. The molecule has 29 heavy (non-hydrogen) atoms. The van der Waals surface area contributed by atoms with E-state index < -0.39 is 18.2 Å². The molecule has 3 rings (SSSR count). The normalized spacial score (nSPS) is 23.6. The zero-order valence-electron chi connectivity index (χ0n) is 16.5. The van der Waals surface area contributed by atoms with Crippen molar-refractivity contribution in [2.24, 2.45) is 5.92 Å². The van der Waals surface area contributed by atoms with Crippen molar-refractivity contribution in [3.8, 4) is 5.75 Å². The number of aliphatic hydroxyl groups excluding tert-OH is 2. The third-order valence-corrected chi connectivity index (χ3v) is 4.75. The molecule has 1 aliphatic rings. The van der Waals surface area contributed by atoms with Gasteiger partial charge in [0.15, 0.2) is 6.61 Å². The molecule has 1 aliphatic carbocycles. The summed E-state index contributed by atoms with van der Waals surface area (Å²) in [6, 6.07) is 8.51. The van der Waals surface area contributed by atoms with E-state index in [-0.39, 0.29) is 30.8 Å². The third-order valence-electron chi connectivity index (χ3n) is 4.75. The molecule has 1 amide bonds. The Labute approximate surface area is 176 Å². The van der Waals surface area contributed by atoms with Gasteiger partial charge in [0.05, 0.1) is 17.8 Å². The van der Waals surface area contributed by atoms with Crippen LogP contribution in [0.15, 0.2) is 36.5 Å². The van der Waals surface area contributed by atoms with Crippen molar-refractivity contribution in [1.82, 2.24) is 25.2 Å². The summed E-state index contributed by atoms with van der Waals surface area (Å²) in [5.74, 6) is 0.0290. The van der Waals surface area contributed by atoms with Crippen LogP contribution in [0.1, 0.15) is 12.1 Å². The molecule has 0 bridgehead atoms. The molecule has 0 unspecified atom stereocenters. The van der Waals surface area contributed by atoms with Crippen LogP contribution in [0.2, 0.25) is 0 Å². The lowest BCUT2D eigenvalue weighted by Crippen LogP contribution is -2.44. The van der Waals surface area contributed by atoms with Crippen LogP contribution in [-0.2, 0) is 17.9 Å². The quantitative estimate of drug-likeness (QED) is 0.548. The van der Waals surface area contributed by atoms with Crippen molar-refractivity contribution in [2.75, 3.05) is 20.7 Å². The standard InChI is InChI=1S/C19H27N5O4.ClH/c1-23(2)10-14-11-24(22-21-14)9-13-8-16(19(27)18(13)26)20-17(25)12-28-15-6-4-3-5-7-15;/h3-7,11,13,16,18-19,26-27H,8-10,12H2,1-2H3,(H,20,25);1H/t13-,16-,18-,19+;/m1./s1. The predicted octanol–water partition coefficient (Wildman–Crippen LogP) is 0.0670. The topological polar surface area (TPSA) is 113 Å². The van der Waals surface area contributed by atoms with E-state index in [0.717, 1.165) is 5.69 Å². The maximum absolute atomic E-state index is 12.1. The maximum Gasteiger partial charge on any atom is 0.258 e. The van der Waals surface area contributed by atoms with Gasteiger partial charge in [0, 0.05) is 25.2 Å². The Morgan fingerprint density at radius 1 is 1.28 bits per heavy atom. The van der Waals surface area contributed by atoms with Crippen LogP contribution in [0.5, 0.6) is 5.75 Å². The number of carbonyl (C=O) groups excluding carboxylic acids is 1. The van der Waals surface area contributed by atoms with Crippen LogP contribution >= 0.6 is 12.4 Å². The largest absolute Gasteiger partial charge is 0.484 e. The number of aliphatic hydroxyl groups is 2. The number of benzene rings is 1. The molecule has 1 fully saturated rings. The number of nitrogens with one attached hydrogen (secondary N) is 1. The number of para-hydroxylation sites is 1. The number of ether oxygens (including phenoxy) is 1. The van der Waals surface area contributed by atoms with Crippen molar-refractivity contribution < 1.29 is 19.7 Å². The molecule has 1 saturated carbocycles. The van der Waals surface area contributed by atoms with Crippen LogP contribution in [0.3, 0.4) is 0 Å². The van der Waals surface area contributed by atoms with Gasteiger partial charge >= 0.3 is 0 Å². The first kappa shape index (κ1) is 23.1. The average Bonchev–Trinajstić information content (AvgIpc) is 3.20. The minimum atomic E-state index is -1.03. The molecule has 1 aromatic carbocycles. The van der Waals surface area contributed by atoms with Gasteiger partial charge in [-0.05, 0) is 32.6 Å². The highest BCUT2D eigenvalue weighted by Crippen LogP contribution is 2.28. The van der Waals surface area contributed by atoms with Crippen LogP contribution in [0.25, 0.3) is 0 Å². The molecule has 0 spiro atoms. The Bertz CT molecular complexity index is 773. The lowest BCUT2D eigenvalue weighted by atomic mass is 10.1. The molecular weight excluding hydrogens is 398 g/mol. The van der Waals surface area contributed by atoms with Crippen LogP contribution in [0, 0.1) is 5.92 Å². The van der Waals surface area contributed by atoms with E-state index in [9.17, 15) is 15.0 Å². The molecule has 0 saturated heterocycles. The second kappa shape index (κ2) is 10.5. The van der Waals surface area contributed by atoms with E-state index in [1.165, 1.54) is 0 Å². The second-order valence-corrected chi connectivity index (χ2v) is 7.42. The molecule has 4 atom stereocenters. The zero-order chi connectivity index (χ0) is 20.1. The second-order valence-electron chi connectivity index (χ2n) is 7.42. The Morgan fingerprint density at radius 2 is 2.00 bits per heavy atom. The Hall–Kier alpha value is -2.20.